The lowest BCUT2D eigenvalue weighted by Crippen LogP contribution is -2.50. The van der Waals surface area contributed by atoms with Crippen molar-refractivity contribution in [1.82, 2.24) is 9.21 Å². The number of ether oxygens (including phenoxy) is 1. The number of alkyl halides is 3. The van der Waals surface area contributed by atoms with Gasteiger partial charge in [0.05, 0.1) is 15.5 Å². The van der Waals surface area contributed by atoms with Gasteiger partial charge >= 0.3 is 6.36 Å². The topological polar surface area (TPSA) is 66.9 Å². The van der Waals surface area contributed by atoms with Crippen LogP contribution in [0.1, 0.15) is 10.4 Å². The summed E-state index contributed by atoms with van der Waals surface area (Å²) in [6.07, 6.45) is -4.88. The van der Waals surface area contributed by atoms with E-state index in [1.165, 1.54) is 11.0 Å². The number of sulfonamides is 1. The van der Waals surface area contributed by atoms with E-state index >= 15 is 0 Å². The maximum absolute atomic E-state index is 13.2. The van der Waals surface area contributed by atoms with E-state index < -0.39 is 33.9 Å². The van der Waals surface area contributed by atoms with Gasteiger partial charge in [-0.25, -0.2) is 12.8 Å². The Morgan fingerprint density at radius 2 is 1.60 bits per heavy atom. The van der Waals surface area contributed by atoms with E-state index in [9.17, 15) is 30.8 Å². The van der Waals surface area contributed by atoms with E-state index in [1.807, 2.05) is 0 Å². The fourth-order valence-corrected chi connectivity index (χ4v) is 4.60. The van der Waals surface area contributed by atoms with E-state index in [2.05, 4.69) is 4.74 Å². The number of carbonyl (C=O) groups excluding carboxylic acids is 1. The van der Waals surface area contributed by atoms with E-state index in [0.29, 0.717) is 0 Å². The van der Waals surface area contributed by atoms with Crippen LogP contribution in [0, 0.1) is 5.82 Å². The summed E-state index contributed by atoms with van der Waals surface area (Å²) in [7, 11) is -3.97. The quantitative estimate of drug-likeness (QED) is 0.647. The first kappa shape index (κ1) is 22.3. The number of amides is 1. The summed E-state index contributed by atoms with van der Waals surface area (Å²) in [4.78, 5) is 13.8. The molecule has 1 aliphatic rings. The van der Waals surface area contributed by atoms with Gasteiger partial charge in [-0.2, -0.15) is 4.31 Å². The van der Waals surface area contributed by atoms with Crippen molar-refractivity contribution < 1.29 is 35.5 Å². The fourth-order valence-electron chi connectivity index (χ4n) is 2.93. The van der Waals surface area contributed by atoms with Crippen LogP contribution in [0.4, 0.5) is 17.6 Å². The molecule has 1 saturated heterocycles. The lowest BCUT2D eigenvalue weighted by molar-refractivity contribution is -0.274. The van der Waals surface area contributed by atoms with Gasteiger partial charge in [0, 0.05) is 26.2 Å². The van der Waals surface area contributed by atoms with Gasteiger partial charge in [-0.3, -0.25) is 4.79 Å². The van der Waals surface area contributed by atoms with Crippen LogP contribution >= 0.6 is 11.6 Å². The molecule has 1 fully saturated rings. The molecule has 0 aliphatic carbocycles. The van der Waals surface area contributed by atoms with Crippen LogP contribution in [0.3, 0.4) is 0 Å². The van der Waals surface area contributed by atoms with Crippen LogP contribution < -0.4 is 4.74 Å². The summed E-state index contributed by atoms with van der Waals surface area (Å²) in [6.45, 7) is 0.101. The van der Waals surface area contributed by atoms with Crippen LogP contribution in [0.5, 0.6) is 5.75 Å². The van der Waals surface area contributed by atoms with E-state index in [-0.39, 0.29) is 41.7 Å². The number of carbonyl (C=O) groups is 1. The molecule has 0 saturated carbocycles. The maximum atomic E-state index is 13.2. The fraction of sp³-hybridized carbons (Fsp3) is 0.278. The molecule has 12 heteroatoms. The van der Waals surface area contributed by atoms with E-state index in [0.717, 1.165) is 40.7 Å². The molecule has 2 aromatic carbocycles. The average Bonchev–Trinajstić information content (AvgIpc) is 2.67. The van der Waals surface area contributed by atoms with Gasteiger partial charge in [0.15, 0.2) is 0 Å². The predicted molar refractivity (Wildman–Crippen MR) is 99.2 cm³/mol. The maximum Gasteiger partial charge on any atom is 0.573 e. The van der Waals surface area contributed by atoms with Crippen LogP contribution in [0.2, 0.25) is 5.02 Å². The molecule has 6 nitrogen and oxygen atoms in total. The Bertz CT molecular complexity index is 1040. The average molecular weight is 467 g/mol. The summed E-state index contributed by atoms with van der Waals surface area (Å²) in [6, 6.07) is 7.24. The zero-order valence-corrected chi connectivity index (χ0v) is 16.8. The molecule has 1 aliphatic heterocycles. The molecular formula is C18H15ClF4N2O4S. The molecule has 2 aromatic rings. The minimum absolute atomic E-state index is 0.0201. The number of rotatable bonds is 4. The summed E-state index contributed by atoms with van der Waals surface area (Å²) < 4.78 is 80.1. The van der Waals surface area contributed by atoms with Gasteiger partial charge in [-0.15, -0.1) is 13.2 Å². The second-order valence-electron chi connectivity index (χ2n) is 6.34. The molecule has 0 spiro atoms. The molecule has 3 rings (SSSR count). The second kappa shape index (κ2) is 8.40. The third-order valence-electron chi connectivity index (χ3n) is 4.38. The van der Waals surface area contributed by atoms with Crippen molar-refractivity contribution in [1.29, 1.82) is 0 Å². The highest BCUT2D eigenvalue weighted by Gasteiger charge is 2.33. The molecule has 0 atom stereocenters. The highest BCUT2D eigenvalue weighted by molar-refractivity contribution is 7.89. The molecular weight excluding hydrogens is 452 g/mol. The van der Waals surface area contributed by atoms with Gasteiger partial charge < -0.3 is 9.64 Å². The number of benzene rings is 2. The number of nitrogens with zero attached hydrogens (tertiary/aromatic N) is 2. The zero-order valence-electron chi connectivity index (χ0n) is 15.2. The lowest BCUT2D eigenvalue weighted by atomic mass is 10.2. The minimum Gasteiger partial charge on any atom is -0.406 e. The number of piperazine rings is 1. The Balaban J connectivity index is 1.67. The first-order valence-corrected chi connectivity index (χ1v) is 10.4. The van der Waals surface area contributed by atoms with Gasteiger partial charge in [0.1, 0.15) is 11.6 Å². The summed E-state index contributed by atoms with van der Waals surface area (Å²) in [5.74, 6) is -1.57. The molecule has 1 heterocycles. The lowest BCUT2D eigenvalue weighted by Gasteiger charge is -2.34. The Morgan fingerprint density at radius 3 is 2.13 bits per heavy atom. The molecule has 30 heavy (non-hydrogen) atoms. The first-order chi connectivity index (χ1) is 14.0. The summed E-state index contributed by atoms with van der Waals surface area (Å²) in [5.41, 5.74) is 0.106. The summed E-state index contributed by atoms with van der Waals surface area (Å²) in [5, 5.41) is -0.0452. The summed E-state index contributed by atoms with van der Waals surface area (Å²) >= 11 is 5.90. The normalized spacial score (nSPS) is 15.8. The van der Waals surface area contributed by atoms with Crippen molar-refractivity contribution in [2.24, 2.45) is 0 Å². The molecule has 0 radical (unpaired) electrons. The van der Waals surface area contributed by atoms with Gasteiger partial charge in [-0.1, -0.05) is 11.6 Å². The van der Waals surface area contributed by atoms with Crippen LogP contribution in [-0.2, 0) is 10.0 Å². The molecule has 0 aromatic heterocycles. The van der Waals surface area contributed by atoms with Crippen LogP contribution in [-0.4, -0.2) is 56.1 Å². The van der Waals surface area contributed by atoms with Gasteiger partial charge in [-0.05, 0) is 42.5 Å². The second-order valence-corrected chi connectivity index (χ2v) is 8.68. The van der Waals surface area contributed by atoms with Crippen molar-refractivity contribution in [3.63, 3.8) is 0 Å². The van der Waals surface area contributed by atoms with E-state index in [1.54, 1.807) is 0 Å². The Hall–Kier alpha value is -2.37. The number of hydrogen-bond acceptors (Lipinski definition) is 4. The van der Waals surface area contributed by atoms with Crippen molar-refractivity contribution in [3.8, 4) is 5.75 Å². The minimum atomic E-state index is -4.88. The van der Waals surface area contributed by atoms with Crippen molar-refractivity contribution >= 4 is 27.5 Å². The SMILES string of the molecule is O=C(c1ccc(F)cc1Cl)N1CCN(S(=O)(=O)c2ccc(OC(F)(F)F)cc2)CC1. The molecule has 0 N–H and O–H groups in total. The molecule has 0 unspecified atom stereocenters. The third-order valence-corrected chi connectivity index (χ3v) is 6.61. The standard InChI is InChI=1S/C18H15ClF4N2O4S/c19-16-11-12(20)1-6-15(16)17(26)24-7-9-25(10-8-24)30(27,28)14-4-2-13(3-5-14)29-18(21,22)23/h1-6,11H,7-10H2. The number of hydrogen-bond donors (Lipinski definition) is 0. The monoisotopic (exact) mass is 466 g/mol. The Labute approximate surface area is 174 Å². The van der Waals surface area contributed by atoms with Gasteiger partial charge in [0.2, 0.25) is 10.0 Å². The highest BCUT2D eigenvalue weighted by Crippen LogP contribution is 2.26. The third kappa shape index (κ3) is 5.02. The van der Waals surface area contributed by atoms with Crippen LogP contribution in [0.25, 0.3) is 0 Å². The zero-order chi connectivity index (χ0) is 22.1. The van der Waals surface area contributed by atoms with Crippen molar-refractivity contribution in [2.75, 3.05) is 26.2 Å². The first-order valence-electron chi connectivity index (χ1n) is 8.58. The molecule has 162 valence electrons. The van der Waals surface area contributed by atoms with Crippen molar-refractivity contribution in [3.05, 3.63) is 58.9 Å². The molecule has 1 amide bonds. The van der Waals surface area contributed by atoms with Crippen LogP contribution in [0.15, 0.2) is 47.4 Å². The Morgan fingerprint density at radius 1 is 1.00 bits per heavy atom. The highest BCUT2D eigenvalue weighted by atomic mass is 35.5. The molecule has 0 bridgehead atoms. The largest absolute Gasteiger partial charge is 0.573 e. The predicted octanol–water partition coefficient (Wildman–Crippen LogP) is 3.52. The van der Waals surface area contributed by atoms with Crippen molar-refractivity contribution in [2.45, 2.75) is 11.3 Å². The van der Waals surface area contributed by atoms with Gasteiger partial charge in [0.25, 0.3) is 5.91 Å². The Kier molecular flexibility index (Phi) is 6.25. The number of halogens is 5. The van der Waals surface area contributed by atoms with E-state index in [4.69, 9.17) is 11.6 Å². The smallest absolute Gasteiger partial charge is 0.406 e.